The molecule has 0 heterocycles. The molecule has 0 aliphatic heterocycles. The minimum absolute atomic E-state index is 0.115. The number of hydrogen-bond donors (Lipinski definition) is 5. The predicted molar refractivity (Wildman–Crippen MR) is 124 cm³/mol. The van der Waals surface area contributed by atoms with Crippen molar-refractivity contribution in [3.63, 3.8) is 0 Å². The zero-order chi connectivity index (χ0) is 22.9. The fourth-order valence-corrected chi connectivity index (χ4v) is 5.42. The van der Waals surface area contributed by atoms with Crippen LogP contribution >= 0.6 is 0 Å². The molecule has 176 valence electrons. The zero-order valence-electron chi connectivity index (χ0n) is 18.8. The highest BCUT2D eigenvalue weighted by Gasteiger charge is 2.44. The van der Waals surface area contributed by atoms with E-state index in [9.17, 15) is 20.1 Å². The van der Waals surface area contributed by atoms with Gasteiger partial charge in [-0.15, -0.1) is 12.3 Å². The van der Waals surface area contributed by atoms with E-state index in [1.165, 1.54) is 6.42 Å². The van der Waals surface area contributed by atoms with Crippen LogP contribution in [-0.2, 0) is 11.2 Å². The lowest BCUT2D eigenvalue weighted by Crippen LogP contribution is -2.48. The van der Waals surface area contributed by atoms with Crippen LogP contribution in [0.3, 0.4) is 0 Å². The molecule has 0 spiro atoms. The number of rotatable bonds is 11. The van der Waals surface area contributed by atoms with Crippen LogP contribution in [-0.4, -0.2) is 52.2 Å². The van der Waals surface area contributed by atoms with Crippen LogP contribution < -0.4 is 10.6 Å². The molecule has 2 fully saturated rings. The number of carbonyl (C=O) groups excluding carboxylic acids is 1. The molecule has 32 heavy (non-hydrogen) atoms. The molecule has 5 N–H and O–H groups in total. The van der Waals surface area contributed by atoms with Crippen molar-refractivity contribution >= 4 is 5.91 Å². The van der Waals surface area contributed by atoms with E-state index in [0.29, 0.717) is 31.1 Å². The SMILES string of the molecule is C#CCCC(O)NC[C@@H](O)C[C@@H](Cc1ccccc1)C(=O)N[C@@H]1C(O)CC2CCCCC21. The summed E-state index contributed by atoms with van der Waals surface area (Å²) in [5, 5.41) is 37.1. The van der Waals surface area contributed by atoms with Gasteiger partial charge in [0.15, 0.2) is 0 Å². The van der Waals surface area contributed by atoms with Crippen molar-refractivity contribution in [3.8, 4) is 12.3 Å². The molecule has 2 aliphatic carbocycles. The topological polar surface area (TPSA) is 102 Å². The predicted octanol–water partition coefficient (Wildman–Crippen LogP) is 1.97. The number of carbonyl (C=O) groups is 1. The van der Waals surface area contributed by atoms with E-state index in [-0.39, 0.29) is 24.9 Å². The van der Waals surface area contributed by atoms with Gasteiger partial charge in [0.25, 0.3) is 0 Å². The lowest BCUT2D eigenvalue weighted by atomic mass is 9.80. The summed E-state index contributed by atoms with van der Waals surface area (Å²) in [6.45, 7) is 0.182. The Morgan fingerprint density at radius 2 is 1.94 bits per heavy atom. The van der Waals surface area contributed by atoms with Gasteiger partial charge < -0.3 is 20.6 Å². The van der Waals surface area contributed by atoms with Crippen LogP contribution in [0, 0.1) is 30.1 Å². The smallest absolute Gasteiger partial charge is 0.223 e. The van der Waals surface area contributed by atoms with Gasteiger partial charge in [0.2, 0.25) is 5.91 Å². The molecule has 3 rings (SSSR count). The Bertz CT molecular complexity index is 750. The van der Waals surface area contributed by atoms with Crippen molar-refractivity contribution in [2.24, 2.45) is 17.8 Å². The largest absolute Gasteiger partial charge is 0.392 e. The summed E-state index contributed by atoms with van der Waals surface area (Å²) >= 11 is 0. The molecular weight excluding hydrogens is 404 g/mol. The van der Waals surface area contributed by atoms with Crippen molar-refractivity contribution in [1.29, 1.82) is 0 Å². The molecule has 0 radical (unpaired) electrons. The van der Waals surface area contributed by atoms with Gasteiger partial charge in [-0.3, -0.25) is 10.1 Å². The molecule has 7 atom stereocenters. The van der Waals surface area contributed by atoms with Gasteiger partial charge in [-0.25, -0.2) is 0 Å². The first-order chi connectivity index (χ1) is 15.5. The monoisotopic (exact) mass is 442 g/mol. The third kappa shape index (κ3) is 7.05. The van der Waals surface area contributed by atoms with Gasteiger partial charge in [-0.05, 0) is 49.5 Å². The summed E-state index contributed by atoms with van der Waals surface area (Å²) < 4.78 is 0. The van der Waals surface area contributed by atoms with Crippen LogP contribution in [0.5, 0.6) is 0 Å². The average Bonchev–Trinajstić information content (AvgIpc) is 3.11. The Morgan fingerprint density at radius 1 is 1.19 bits per heavy atom. The van der Waals surface area contributed by atoms with Gasteiger partial charge in [0.05, 0.1) is 18.2 Å². The highest BCUT2D eigenvalue weighted by atomic mass is 16.3. The first-order valence-electron chi connectivity index (χ1n) is 12.0. The van der Waals surface area contributed by atoms with E-state index >= 15 is 0 Å². The maximum absolute atomic E-state index is 13.3. The van der Waals surface area contributed by atoms with Crippen molar-refractivity contribution < 1.29 is 20.1 Å². The normalized spacial score (nSPS) is 27.7. The molecule has 0 saturated heterocycles. The summed E-state index contributed by atoms with van der Waals surface area (Å²) in [6, 6.07) is 9.58. The maximum Gasteiger partial charge on any atom is 0.223 e. The highest BCUT2D eigenvalue weighted by Crippen LogP contribution is 2.42. The number of amides is 1. The molecule has 1 aromatic rings. The van der Waals surface area contributed by atoms with Crippen molar-refractivity contribution in [1.82, 2.24) is 10.6 Å². The van der Waals surface area contributed by atoms with E-state index in [2.05, 4.69) is 16.6 Å². The minimum Gasteiger partial charge on any atom is -0.392 e. The summed E-state index contributed by atoms with van der Waals surface area (Å²) in [5.41, 5.74) is 1.03. The van der Waals surface area contributed by atoms with Gasteiger partial charge in [-0.2, -0.15) is 0 Å². The fraction of sp³-hybridized carbons (Fsp3) is 0.654. The van der Waals surface area contributed by atoms with Gasteiger partial charge >= 0.3 is 0 Å². The summed E-state index contributed by atoms with van der Waals surface area (Å²) in [4.78, 5) is 13.3. The van der Waals surface area contributed by atoms with Gasteiger partial charge in [0, 0.05) is 18.9 Å². The molecule has 4 unspecified atom stereocenters. The van der Waals surface area contributed by atoms with Crippen LogP contribution in [0.1, 0.15) is 56.9 Å². The Balaban J connectivity index is 1.61. The first kappa shape index (κ1) is 24.7. The molecule has 0 aromatic heterocycles. The van der Waals surface area contributed by atoms with Crippen LogP contribution in [0.4, 0.5) is 0 Å². The summed E-state index contributed by atoms with van der Waals surface area (Å²) in [6.07, 6.45) is 10.1. The molecule has 1 aromatic carbocycles. The quantitative estimate of drug-likeness (QED) is 0.266. The van der Waals surface area contributed by atoms with E-state index < -0.39 is 24.4 Å². The first-order valence-corrected chi connectivity index (χ1v) is 12.0. The second kappa shape index (κ2) is 12.4. The second-order valence-corrected chi connectivity index (χ2v) is 9.49. The number of nitrogens with one attached hydrogen (secondary N) is 2. The third-order valence-corrected chi connectivity index (χ3v) is 7.10. The number of aliphatic hydroxyl groups excluding tert-OH is 3. The third-order valence-electron chi connectivity index (χ3n) is 7.10. The number of aliphatic hydroxyl groups is 3. The second-order valence-electron chi connectivity index (χ2n) is 9.49. The van der Waals surface area contributed by atoms with E-state index in [0.717, 1.165) is 31.2 Å². The number of benzene rings is 1. The van der Waals surface area contributed by atoms with E-state index in [4.69, 9.17) is 6.42 Å². The lowest BCUT2D eigenvalue weighted by molar-refractivity contribution is -0.127. The zero-order valence-corrected chi connectivity index (χ0v) is 18.8. The van der Waals surface area contributed by atoms with Gasteiger partial charge in [-0.1, -0.05) is 49.6 Å². The Labute approximate surface area is 191 Å². The molecular formula is C26H38N2O4. The highest BCUT2D eigenvalue weighted by molar-refractivity contribution is 5.79. The molecule has 6 nitrogen and oxygen atoms in total. The molecule has 2 saturated carbocycles. The summed E-state index contributed by atoms with van der Waals surface area (Å²) in [7, 11) is 0. The maximum atomic E-state index is 13.3. The van der Waals surface area contributed by atoms with Crippen molar-refractivity contribution in [3.05, 3.63) is 35.9 Å². The van der Waals surface area contributed by atoms with Crippen LogP contribution in [0.2, 0.25) is 0 Å². The number of terminal acetylenes is 1. The van der Waals surface area contributed by atoms with E-state index in [1.807, 2.05) is 30.3 Å². The van der Waals surface area contributed by atoms with Crippen molar-refractivity contribution in [2.45, 2.75) is 82.3 Å². The standard InChI is InChI=1S/C26H38N2O4/c1-2-3-13-24(31)27-17-21(29)15-20(14-18-9-5-4-6-10-18)26(32)28-25-22-12-8-7-11-19(22)16-23(25)30/h1,4-6,9-10,19-25,27,29-31H,3,7-8,11-17H2,(H,28,32)/t19?,20-,21+,22?,23?,24?,25+/m1/s1. The van der Waals surface area contributed by atoms with E-state index in [1.54, 1.807) is 0 Å². The molecule has 0 bridgehead atoms. The average molecular weight is 443 g/mol. The number of hydrogen-bond acceptors (Lipinski definition) is 5. The summed E-state index contributed by atoms with van der Waals surface area (Å²) in [5.74, 6) is 2.79. The minimum atomic E-state index is -0.786. The van der Waals surface area contributed by atoms with Crippen LogP contribution in [0.25, 0.3) is 0 Å². The van der Waals surface area contributed by atoms with Crippen molar-refractivity contribution in [2.75, 3.05) is 6.54 Å². The van der Waals surface area contributed by atoms with Crippen LogP contribution in [0.15, 0.2) is 30.3 Å². The Morgan fingerprint density at radius 3 is 2.69 bits per heavy atom. The lowest BCUT2D eigenvalue weighted by Gasteiger charge is -2.31. The fourth-order valence-electron chi connectivity index (χ4n) is 5.42. The Kier molecular flexibility index (Phi) is 9.55. The Hall–Kier alpha value is -1.91. The molecule has 1 amide bonds. The molecule has 6 heteroatoms. The van der Waals surface area contributed by atoms with Gasteiger partial charge in [0.1, 0.15) is 6.23 Å². The number of fused-ring (bicyclic) bond motifs is 1. The molecule has 2 aliphatic rings.